The minimum atomic E-state index is -0.510. The van der Waals surface area contributed by atoms with Crippen molar-refractivity contribution in [3.63, 3.8) is 0 Å². The van der Waals surface area contributed by atoms with E-state index in [0.29, 0.717) is 12.2 Å². The number of hydrogen-bond acceptors (Lipinski definition) is 6. The number of fused-ring (bicyclic) bond motifs is 2. The predicted octanol–water partition coefficient (Wildman–Crippen LogP) is 2.84. The number of nitrogens with two attached hydrogens (primary N) is 1. The van der Waals surface area contributed by atoms with E-state index < -0.39 is 6.10 Å². The van der Waals surface area contributed by atoms with Crippen molar-refractivity contribution in [2.45, 2.75) is 37.7 Å². The van der Waals surface area contributed by atoms with E-state index >= 15 is 0 Å². The number of nitrogen functional groups attached to an aromatic ring is 1. The Bertz CT molecular complexity index is 1140. The van der Waals surface area contributed by atoms with Crippen molar-refractivity contribution in [3.8, 4) is 0 Å². The van der Waals surface area contributed by atoms with Crippen LogP contribution >= 0.6 is 0 Å². The van der Waals surface area contributed by atoms with Crippen LogP contribution < -0.4 is 5.73 Å². The van der Waals surface area contributed by atoms with Gasteiger partial charge in [0.15, 0.2) is 0 Å². The molecule has 0 radical (unpaired) electrons. The summed E-state index contributed by atoms with van der Waals surface area (Å²) in [5, 5.41) is 13.6. The molecule has 1 fully saturated rings. The van der Waals surface area contributed by atoms with Crippen molar-refractivity contribution in [2.24, 2.45) is 0 Å². The molecule has 0 spiro atoms. The molecule has 1 aromatic carbocycles. The number of aromatic nitrogens is 4. The molecular weight excluding hydrogens is 354 g/mol. The number of ether oxygens (including phenoxy) is 1. The second-order valence-corrected chi connectivity index (χ2v) is 7.25. The minimum Gasteiger partial charge on any atom is -0.390 e. The Labute approximate surface area is 161 Å². The number of aryl methyl sites for hydroxylation is 1. The number of pyridine rings is 1. The normalized spacial score (nSPS) is 22.2. The lowest BCUT2D eigenvalue weighted by Crippen LogP contribution is -2.21. The van der Waals surface area contributed by atoms with E-state index in [2.05, 4.69) is 33.2 Å². The van der Waals surface area contributed by atoms with Crippen LogP contribution in [0.15, 0.2) is 55.2 Å². The van der Waals surface area contributed by atoms with Gasteiger partial charge in [-0.25, -0.2) is 9.97 Å². The Kier molecular flexibility index (Phi) is 4.18. The summed E-state index contributed by atoms with van der Waals surface area (Å²) in [7, 11) is 0. The van der Waals surface area contributed by atoms with Crippen molar-refractivity contribution in [1.82, 2.24) is 19.5 Å². The molecule has 3 unspecified atom stereocenters. The Balaban J connectivity index is 1.30. The molecule has 1 aliphatic rings. The van der Waals surface area contributed by atoms with E-state index in [-0.39, 0.29) is 12.3 Å². The lowest BCUT2D eigenvalue weighted by atomic mass is 10.0. The fraction of sp³-hybridized carbons (Fsp3) is 0.286. The highest BCUT2D eigenvalue weighted by Gasteiger charge is 2.35. The smallest absolute Gasteiger partial charge is 0.147 e. The highest BCUT2D eigenvalue weighted by molar-refractivity contribution is 5.86. The van der Waals surface area contributed by atoms with E-state index in [1.165, 1.54) is 17.3 Å². The third-order valence-corrected chi connectivity index (χ3v) is 5.48. The van der Waals surface area contributed by atoms with E-state index in [1.807, 2.05) is 29.1 Å². The fourth-order valence-corrected chi connectivity index (χ4v) is 3.97. The summed E-state index contributed by atoms with van der Waals surface area (Å²) in [6, 6.07) is 10.3. The molecule has 7 nitrogen and oxygen atoms in total. The van der Waals surface area contributed by atoms with Crippen LogP contribution in [0.3, 0.4) is 0 Å². The van der Waals surface area contributed by atoms with E-state index in [0.717, 1.165) is 29.3 Å². The van der Waals surface area contributed by atoms with Gasteiger partial charge in [0.05, 0.1) is 17.6 Å². The lowest BCUT2D eigenvalue weighted by Gasteiger charge is -2.16. The molecule has 1 saturated heterocycles. The molecule has 0 bridgehead atoms. The summed E-state index contributed by atoms with van der Waals surface area (Å²) in [5.41, 5.74) is 7.86. The third kappa shape index (κ3) is 2.98. The molecule has 0 amide bonds. The van der Waals surface area contributed by atoms with Gasteiger partial charge in [0, 0.05) is 30.4 Å². The maximum absolute atomic E-state index is 10.5. The molecule has 4 heterocycles. The predicted molar refractivity (Wildman–Crippen MR) is 107 cm³/mol. The largest absolute Gasteiger partial charge is 0.390 e. The number of benzene rings is 1. The van der Waals surface area contributed by atoms with Gasteiger partial charge in [0.2, 0.25) is 0 Å². The minimum absolute atomic E-state index is 0.216. The molecule has 5 rings (SSSR count). The van der Waals surface area contributed by atoms with Crippen molar-refractivity contribution in [2.75, 3.05) is 5.73 Å². The number of aliphatic hydroxyl groups is 1. The first-order valence-corrected chi connectivity index (χ1v) is 9.42. The number of aliphatic hydroxyl groups excluding tert-OH is 1. The van der Waals surface area contributed by atoms with Crippen molar-refractivity contribution >= 4 is 27.6 Å². The number of nitrogens with zero attached hydrogens (tertiary/aromatic N) is 4. The summed E-state index contributed by atoms with van der Waals surface area (Å²) in [5.74, 6) is 0.449. The van der Waals surface area contributed by atoms with E-state index in [1.54, 1.807) is 6.20 Å². The molecule has 1 aliphatic heterocycles. The summed E-state index contributed by atoms with van der Waals surface area (Å²) >= 11 is 0. The fourth-order valence-electron chi connectivity index (χ4n) is 3.97. The maximum Gasteiger partial charge on any atom is 0.147 e. The van der Waals surface area contributed by atoms with Gasteiger partial charge >= 0.3 is 0 Å². The highest BCUT2D eigenvalue weighted by atomic mass is 16.5. The SMILES string of the molecule is Nc1ncnc2c1ccn2C1CC(O)C(CCc2ccc3ccncc3c2)O1. The topological polar surface area (TPSA) is 99.1 Å². The molecule has 28 heavy (non-hydrogen) atoms. The molecule has 142 valence electrons. The van der Waals surface area contributed by atoms with Gasteiger partial charge in [-0.05, 0) is 42.0 Å². The number of anilines is 1. The van der Waals surface area contributed by atoms with Gasteiger partial charge in [0.1, 0.15) is 24.0 Å². The Morgan fingerprint density at radius 1 is 1.18 bits per heavy atom. The van der Waals surface area contributed by atoms with Crippen LogP contribution in [0.2, 0.25) is 0 Å². The highest BCUT2D eigenvalue weighted by Crippen LogP contribution is 2.34. The Morgan fingerprint density at radius 2 is 2.11 bits per heavy atom. The van der Waals surface area contributed by atoms with Crippen LogP contribution in [-0.2, 0) is 11.2 Å². The standard InChI is InChI=1S/C21H21N5O2/c22-20-16-6-8-26(21(16)25-12-24-20)19-10-17(27)18(28-19)4-2-13-1-3-14-5-7-23-11-15(14)9-13/h1,3,5-9,11-12,17-19,27H,2,4,10H2,(H2,22,24,25). The Hall–Kier alpha value is -3.03. The van der Waals surface area contributed by atoms with Crippen molar-refractivity contribution < 1.29 is 9.84 Å². The first-order chi connectivity index (χ1) is 13.7. The van der Waals surface area contributed by atoms with Crippen LogP contribution in [0.1, 0.15) is 24.6 Å². The van der Waals surface area contributed by atoms with E-state index in [4.69, 9.17) is 10.5 Å². The van der Waals surface area contributed by atoms with Crippen LogP contribution in [0.4, 0.5) is 5.82 Å². The van der Waals surface area contributed by atoms with Crippen LogP contribution in [0, 0.1) is 0 Å². The molecule has 0 aliphatic carbocycles. The monoisotopic (exact) mass is 375 g/mol. The van der Waals surface area contributed by atoms with Crippen molar-refractivity contribution in [3.05, 3.63) is 60.8 Å². The summed E-state index contributed by atoms with van der Waals surface area (Å²) in [4.78, 5) is 12.5. The van der Waals surface area contributed by atoms with Gasteiger partial charge in [-0.15, -0.1) is 0 Å². The second-order valence-electron chi connectivity index (χ2n) is 7.25. The van der Waals surface area contributed by atoms with Crippen LogP contribution in [0.25, 0.3) is 21.8 Å². The first kappa shape index (κ1) is 17.1. The average Bonchev–Trinajstić information content (AvgIpc) is 3.30. The van der Waals surface area contributed by atoms with Gasteiger partial charge in [-0.2, -0.15) is 0 Å². The number of hydrogen-bond donors (Lipinski definition) is 2. The molecular formula is C21H21N5O2. The molecule has 4 aromatic rings. The second kappa shape index (κ2) is 6.85. The summed E-state index contributed by atoms with van der Waals surface area (Å²) in [6.07, 6.45) is 8.15. The zero-order valence-electron chi connectivity index (χ0n) is 15.3. The average molecular weight is 375 g/mol. The molecule has 0 saturated carbocycles. The quantitative estimate of drug-likeness (QED) is 0.569. The molecule has 7 heteroatoms. The van der Waals surface area contributed by atoms with Crippen LogP contribution in [-0.4, -0.2) is 36.8 Å². The van der Waals surface area contributed by atoms with Gasteiger partial charge in [-0.1, -0.05) is 12.1 Å². The maximum atomic E-state index is 10.5. The summed E-state index contributed by atoms with van der Waals surface area (Å²) < 4.78 is 8.10. The van der Waals surface area contributed by atoms with Gasteiger partial charge < -0.3 is 20.1 Å². The summed E-state index contributed by atoms with van der Waals surface area (Å²) in [6.45, 7) is 0. The van der Waals surface area contributed by atoms with Crippen molar-refractivity contribution in [1.29, 1.82) is 0 Å². The molecule has 3 N–H and O–H groups in total. The van der Waals surface area contributed by atoms with Gasteiger partial charge in [-0.3, -0.25) is 4.98 Å². The number of rotatable bonds is 4. The molecule has 3 aromatic heterocycles. The zero-order valence-corrected chi connectivity index (χ0v) is 15.3. The third-order valence-electron chi connectivity index (χ3n) is 5.48. The van der Waals surface area contributed by atoms with Gasteiger partial charge in [0.25, 0.3) is 0 Å². The van der Waals surface area contributed by atoms with E-state index in [9.17, 15) is 5.11 Å². The lowest BCUT2D eigenvalue weighted by molar-refractivity contribution is -0.0203. The first-order valence-electron chi connectivity index (χ1n) is 9.42. The Morgan fingerprint density at radius 3 is 3.04 bits per heavy atom. The molecule has 3 atom stereocenters. The van der Waals surface area contributed by atoms with Crippen LogP contribution in [0.5, 0.6) is 0 Å². The zero-order chi connectivity index (χ0) is 19.1.